The maximum Gasteiger partial charge on any atom is 0.433 e. The van der Waals surface area contributed by atoms with E-state index < -0.39 is 24.1 Å². The van der Waals surface area contributed by atoms with Crippen LogP contribution in [0, 0.1) is 0 Å². The topological polar surface area (TPSA) is 40.0 Å². The molecule has 4 nitrogen and oxygen atoms in total. The number of nitrogens with zero attached hydrogens (tertiary/aromatic N) is 1. The maximum atomic E-state index is 12.9. The number of rotatable bonds is 3. The molecular formula is C12H11BrF3NO3. The lowest BCUT2D eigenvalue weighted by Crippen LogP contribution is -2.32. The van der Waals surface area contributed by atoms with Gasteiger partial charge in [0.25, 0.3) is 0 Å². The maximum absolute atomic E-state index is 12.9. The average molecular weight is 354 g/mol. The summed E-state index contributed by atoms with van der Waals surface area (Å²) in [6, 6.07) is 4.63. The van der Waals surface area contributed by atoms with Crippen molar-refractivity contribution in [1.29, 1.82) is 0 Å². The number of methoxy groups -OCH3 is 2. The number of hydrogen-bond donors (Lipinski definition) is 0. The van der Waals surface area contributed by atoms with Crippen LogP contribution in [0.1, 0.15) is 11.5 Å². The van der Waals surface area contributed by atoms with Gasteiger partial charge in [-0.05, 0) is 33.6 Å². The van der Waals surface area contributed by atoms with Gasteiger partial charge in [-0.1, -0.05) is 11.2 Å². The molecule has 2 atom stereocenters. The highest BCUT2D eigenvalue weighted by Crippen LogP contribution is 2.39. The Balaban J connectivity index is 2.41. The van der Waals surface area contributed by atoms with Gasteiger partial charge in [0.2, 0.25) is 6.29 Å². The Labute approximate surface area is 121 Å². The Morgan fingerprint density at radius 1 is 1.30 bits per heavy atom. The molecule has 1 aromatic rings. The molecule has 0 N–H and O–H groups in total. The first-order valence-electron chi connectivity index (χ1n) is 5.55. The lowest BCUT2D eigenvalue weighted by Gasteiger charge is -2.19. The molecule has 8 heteroatoms. The van der Waals surface area contributed by atoms with E-state index in [4.69, 9.17) is 14.3 Å². The van der Waals surface area contributed by atoms with Crippen molar-refractivity contribution in [3.05, 3.63) is 28.2 Å². The van der Waals surface area contributed by atoms with Crippen molar-refractivity contribution in [3.63, 3.8) is 0 Å². The largest absolute Gasteiger partial charge is 0.496 e. The monoisotopic (exact) mass is 353 g/mol. The highest BCUT2D eigenvalue weighted by molar-refractivity contribution is 9.10. The summed E-state index contributed by atoms with van der Waals surface area (Å²) in [5.41, 5.74) is -0.639. The van der Waals surface area contributed by atoms with Crippen LogP contribution in [0.15, 0.2) is 27.8 Å². The van der Waals surface area contributed by atoms with Gasteiger partial charge in [0.05, 0.1) is 17.5 Å². The SMILES string of the molecule is COc1ccc(C2C(C(F)(F)F)=NOC2OC)cc1Br. The minimum Gasteiger partial charge on any atom is -0.496 e. The highest BCUT2D eigenvalue weighted by Gasteiger charge is 2.50. The average Bonchev–Trinajstić information content (AvgIpc) is 2.82. The standard InChI is InChI=1S/C12H11BrF3NO3/c1-18-8-4-3-6(5-7(8)13)9-10(12(14,15)16)17-20-11(9)19-2/h3-5,9,11H,1-2H3. The summed E-state index contributed by atoms with van der Waals surface area (Å²) in [4.78, 5) is 4.70. The molecule has 0 fully saturated rings. The molecule has 1 aromatic carbocycles. The van der Waals surface area contributed by atoms with Crippen LogP contribution in [0.3, 0.4) is 0 Å². The number of ether oxygens (including phenoxy) is 2. The van der Waals surface area contributed by atoms with Gasteiger partial charge in [0.15, 0.2) is 5.71 Å². The van der Waals surface area contributed by atoms with E-state index in [-0.39, 0.29) is 0 Å². The first-order chi connectivity index (χ1) is 9.38. The van der Waals surface area contributed by atoms with Crippen LogP contribution in [0.4, 0.5) is 13.2 Å². The molecule has 1 heterocycles. The van der Waals surface area contributed by atoms with Gasteiger partial charge >= 0.3 is 6.18 Å². The molecule has 0 saturated heterocycles. The van der Waals surface area contributed by atoms with Gasteiger partial charge in [-0.3, -0.25) is 0 Å². The van der Waals surface area contributed by atoms with E-state index in [0.717, 1.165) is 0 Å². The van der Waals surface area contributed by atoms with Crippen molar-refractivity contribution in [2.24, 2.45) is 5.16 Å². The van der Waals surface area contributed by atoms with E-state index in [0.29, 0.717) is 15.8 Å². The number of oxime groups is 1. The molecule has 0 aliphatic carbocycles. The Bertz CT molecular complexity index is 533. The summed E-state index contributed by atoms with van der Waals surface area (Å²) in [6.45, 7) is 0. The lowest BCUT2D eigenvalue weighted by molar-refractivity contribution is -0.112. The summed E-state index contributed by atoms with van der Waals surface area (Å²) in [5.74, 6) is -0.616. The third-order valence-corrected chi connectivity index (χ3v) is 3.50. The summed E-state index contributed by atoms with van der Waals surface area (Å²) in [5, 5.41) is 3.11. The third-order valence-electron chi connectivity index (χ3n) is 2.88. The van der Waals surface area contributed by atoms with E-state index >= 15 is 0 Å². The van der Waals surface area contributed by atoms with E-state index in [1.54, 1.807) is 6.07 Å². The predicted molar refractivity (Wildman–Crippen MR) is 68.8 cm³/mol. The minimum atomic E-state index is -4.58. The first-order valence-corrected chi connectivity index (χ1v) is 6.35. The molecule has 0 saturated carbocycles. The molecule has 1 aliphatic heterocycles. The van der Waals surface area contributed by atoms with Gasteiger partial charge in [-0.2, -0.15) is 13.2 Å². The Hall–Kier alpha value is -1.28. The van der Waals surface area contributed by atoms with Crippen molar-refractivity contribution >= 4 is 21.6 Å². The van der Waals surface area contributed by atoms with E-state index in [1.165, 1.54) is 26.4 Å². The van der Waals surface area contributed by atoms with Gasteiger partial charge in [0.1, 0.15) is 5.75 Å². The summed E-state index contributed by atoms with van der Waals surface area (Å²) in [7, 11) is 2.74. The third kappa shape index (κ3) is 2.76. The fraction of sp³-hybridized carbons (Fsp3) is 0.417. The zero-order chi connectivity index (χ0) is 14.9. The van der Waals surface area contributed by atoms with E-state index in [2.05, 4.69) is 21.1 Å². The van der Waals surface area contributed by atoms with Crippen molar-refractivity contribution in [3.8, 4) is 5.75 Å². The van der Waals surface area contributed by atoms with Crippen LogP contribution in [-0.2, 0) is 9.57 Å². The summed E-state index contributed by atoms with van der Waals surface area (Å²) >= 11 is 3.24. The molecular weight excluding hydrogens is 343 g/mol. The fourth-order valence-corrected chi connectivity index (χ4v) is 2.51. The second-order valence-corrected chi connectivity index (χ2v) is 4.91. The number of halogens is 4. The first kappa shape index (κ1) is 15.1. The second kappa shape index (κ2) is 5.61. The van der Waals surface area contributed by atoms with Crippen LogP contribution in [0.25, 0.3) is 0 Å². The van der Waals surface area contributed by atoms with Crippen LogP contribution >= 0.6 is 15.9 Å². The Morgan fingerprint density at radius 3 is 2.50 bits per heavy atom. The molecule has 0 amide bonds. The zero-order valence-corrected chi connectivity index (χ0v) is 12.2. The van der Waals surface area contributed by atoms with Crippen molar-refractivity contribution in [2.75, 3.05) is 14.2 Å². The molecule has 2 rings (SSSR count). The summed E-state index contributed by atoms with van der Waals surface area (Å²) < 4.78 is 49.4. The lowest BCUT2D eigenvalue weighted by atomic mass is 9.93. The molecule has 0 spiro atoms. The second-order valence-electron chi connectivity index (χ2n) is 4.06. The summed E-state index contributed by atoms with van der Waals surface area (Å²) in [6.07, 6.45) is -5.68. The molecule has 0 radical (unpaired) electrons. The predicted octanol–water partition coefficient (Wildman–Crippen LogP) is 3.46. The number of alkyl halides is 3. The van der Waals surface area contributed by atoms with Crippen LogP contribution in [0.2, 0.25) is 0 Å². The number of benzene rings is 1. The van der Waals surface area contributed by atoms with Gasteiger partial charge in [0, 0.05) is 7.11 Å². The van der Waals surface area contributed by atoms with E-state index in [1.807, 2.05) is 0 Å². The Kier molecular flexibility index (Phi) is 4.24. The van der Waals surface area contributed by atoms with Gasteiger partial charge in [-0.25, -0.2) is 0 Å². The van der Waals surface area contributed by atoms with Crippen LogP contribution in [0.5, 0.6) is 5.75 Å². The van der Waals surface area contributed by atoms with Crippen LogP contribution in [-0.4, -0.2) is 32.4 Å². The molecule has 110 valence electrons. The van der Waals surface area contributed by atoms with Crippen molar-refractivity contribution in [1.82, 2.24) is 0 Å². The molecule has 0 bridgehead atoms. The fourth-order valence-electron chi connectivity index (χ4n) is 1.95. The number of hydrogen-bond acceptors (Lipinski definition) is 4. The smallest absolute Gasteiger partial charge is 0.433 e. The molecule has 0 aromatic heterocycles. The van der Waals surface area contributed by atoms with E-state index in [9.17, 15) is 13.2 Å². The molecule has 1 aliphatic rings. The highest BCUT2D eigenvalue weighted by atomic mass is 79.9. The van der Waals surface area contributed by atoms with Crippen molar-refractivity contribution in [2.45, 2.75) is 18.4 Å². The Morgan fingerprint density at radius 2 is 2.00 bits per heavy atom. The molecule has 2 unspecified atom stereocenters. The zero-order valence-electron chi connectivity index (χ0n) is 10.6. The minimum absolute atomic E-state index is 0.373. The van der Waals surface area contributed by atoms with Crippen molar-refractivity contribution < 1.29 is 27.5 Å². The van der Waals surface area contributed by atoms with Gasteiger partial charge in [-0.15, -0.1) is 0 Å². The molecule has 20 heavy (non-hydrogen) atoms. The van der Waals surface area contributed by atoms with Crippen LogP contribution < -0.4 is 4.74 Å². The normalized spacial score (nSPS) is 22.4. The van der Waals surface area contributed by atoms with Gasteiger partial charge < -0.3 is 14.3 Å². The quantitative estimate of drug-likeness (QED) is 0.835.